The Morgan fingerprint density at radius 1 is 0.970 bits per heavy atom. The first-order valence-corrected chi connectivity index (χ1v) is 11.4. The summed E-state index contributed by atoms with van der Waals surface area (Å²) in [4.78, 5) is 17.5. The maximum Gasteiger partial charge on any atom is 0.255 e. The van der Waals surface area contributed by atoms with Crippen LogP contribution in [-0.2, 0) is 6.54 Å². The van der Waals surface area contributed by atoms with Crippen molar-refractivity contribution in [2.45, 2.75) is 38.3 Å². The molecule has 1 aliphatic rings. The van der Waals surface area contributed by atoms with Crippen LogP contribution < -0.4 is 10.1 Å². The summed E-state index contributed by atoms with van der Waals surface area (Å²) in [7, 11) is 0. The molecular formula is C27H26N4O2. The lowest BCUT2D eigenvalue weighted by molar-refractivity contribution is 0.0948. The summed E-state index contributed by atoms with van der Waals surface area (Å²) in [5.41, 5.74) is 3.20. The fourth-order valence-electron chi connectivity index (χ4n) is 4.29. The van der Waals surface area contributed by atoms with Gasteiger partial charge >= 0.3 is 0 Å². The van der Waals surface area contributed by atoms with E-state index in [1.165, 1.54) is 12.8 Å². The third-order valence-electron chi connectivity index (χ3n) is 5.92. The van der Waals surface area contributed by atoms with Crippen LogP contribution in [0.4, 0.5) is 0 Å². The highest BCUT2D eigenvalue weighted by Gasteiger charge is 2.23. The minimum absolute atomic E-state index is 0.198. The monoisotopic (exact) mass is 438 g/mol. The SMILES string of the molecule is O=C(NCc1cc(-c2ccccn2)n(C2CCCC2)n1)c1ccccc1Oc1ccccc1. The van der Waals surface area contributed by atoms with E-state index >= 15 is 0 Å². The fraction of sp³-hybridized carbons (Fsp3) is 0.222. The van der Waals surface area contributed by atoms with E-state index in [0.29, 0.717) is 29.6 Å². The zero-order valence-electron chi connectivity index (χ0n) is 18.4. The van der Waals surface area contributed by atoms with Gasteiger partial charge in [-0.1, -0.05) is 49.2 Å². The number of pyridine rings is 1. The number of nitrogens with one attached hydrogen (secondary N) is 1. The Labute approximate surface area is 193 Å². The van der Waals surface area contributed by atoms with Gasteiger partial charge in [0.1, 0.15) is 11.5 Å². The zero-order valence-corrected chi connectivity index (χ0v) is 18.4. The minimum Gasteiger partial charge on any atom is -0.457 e. The van der Waals surface area contributed by atoms with Crippen molar-refractivity contribution in [2.75, 3.05) is 0 Å². The molecule has 6 heteroatoms. The highest BCUT2D eigenvalue weighted by Crippen LogP contribution is 2.33. The first-order chi connectivity index (χ1) is 16.3. The Morgan fingerprint density at radius 3 is 2.52 bits per heavy atom. The number of nitrogens with zero attached hydrogens (tertiary/aromatic N) is 3. The molecule has 0 saturated heterocycles. The molecule has 0 aliphatic heterocycles. The number of hydrogen-bond acceptors (Lipinski definition) is 4. The summed E-state index contributed by atoms with van der Waals surface area (Å²) in [5.74, 6) is 1.01. The van der Waals surface area contributed by atoms with Gasteiger partial charge in [-0.2, -0.15) is 5.10 Å². The third kappa shape index (κ3) is 4.80. The van der Waals surface area contributed by atoms with Crippen molar-refractivity contribution < 1.29 is 9.53 Å². The van der Waals surface area contributed by atoms with Crippen LogP contribution in [0.2, 0.25) is 0 Å². The smallest absolute Gasteiger partial charge is 0.255 e. The number of carbonyl (C=O) groups is 1. The van der Waals surface area contributed by atoms with Gasteiger partial charge in [-0.05, 0) is 55.3 Å². The molecule has 0 spiro atoms. The minimum atomic E-state index is -0.198. The van der Waals surface area contributed by atoms with Crippen molar-refractivity contribution in [3.05, 3.63) is 96.3 Å². The predicted molar refractivity (Wildman–Crippen MR) is 127 cm³/mol. The second-order valence-electron chi connectivity index (χ2n) is 8.21. The molecule has 0 radical (unpaired) electrons. The van der Waals surface area contributed by atoms with E-state index < -0.39 is 0 Å². The van der Waals surface area contributed by atoms with Crippen molar-refractivity contribution in [1.29, 1.82) is 0 Å². The van der Waals surface area contributed by atoms with Gasteiger partial charge in [0.2, 0.25) is 0 Å². The molecule has 6 nitrogen and oxygen atoms in total. The molecule has 1 aliphatic carbocycles. The van der Waals surface area contributed by atoms with Crippen LogP contribution in [0.25, 0.3) is 11.4 Å². The summed E-state index contributed by atoms with van der Waals surface area (Å²) in [6.45, 7) is 0.331. The first kappa shape index (κ1) is 20.9. The third-order valence-corrected chi connectivity index (χ3v) is 5.92. The number of aromatic nitrogens is 3. The molecule has 1 amide bonds. The van der Waals surface area contributed by atoms with Crippen molar-refractivity contribution >= 4 is 5.91 Å². The largest absolute Gasteiger partial charge is 0.457 e. The molecule has 33 heavy (non-hydrogen) atoms. The molecule has 5 rings (SSSR count). The van der Waals surface area contributed by atoms with Gasteiger partial charge in [0, 0.05) is 6.20 Å². The van der Waals surface area contributed by atoms with Gasteiger partial charge in [-0.25, -0.2) is 0 Å². The first-order valence-electron chi connectivity index (χ1n) is 11.4. The van der Waals surface area contributed by atoms with Crippen LogP contribution in [0, 0.1) is 0 Å². The molecule has 4 aromatic rings. The lowest BCUT2D eigenvalue weighted by Crippen LogP contribution is -2.23. The van der Waals surface area contributed by atoms with Crippen molar-refractivity contribution in [3.8, 4) is 22.9 Å². The van der Waals surface area contributed by atoms with Crippen LogP contribution in [0.5, 0.6) is 11.5 Å². The number of hydrogen-bond donors (Lipinski definition) is 1. The Hall–Kier alpha value is -3.93. The summed E-state index contributed by atoms with van der Waals surface area (Å²) in [5, 5.41) is 7.86. The number of benzene rings is 2. The number of rotatable bonds is 7. The van der Waals surface area contributed by atoms with E-state index in [-0.39, 0.29) is 5.91 Å². The molecule has 1 N–H and O–H groups in total. The molecule has 2 heterocycles. The van der Waals surface area contributed by atoms with Crippen molar-refractivity contribution in [1.82, 2.24) is 20.1 Å². The van der Waals surface area contributed by atoms with Crippen LogP contribution in [-0.4, -0.2) is 20.7 Å². The van der Waals surface area contributed by atoms with Crippen molar-refractivity contribution in [2.24, 2.45) is 0 Å². The van der Waals surface area contributed by atoms with Crippen molar-refractivity contribution in [3.63, 3.8) is 0 Å². The Bertz CT molecular complexity index is 1220. The highest BCUT2D eigenvalue weighted by molar-refractivity contribution is 5.97. The van der Waals surface area contributed by atoms with E-state index in [1.807, 2.05) is 66.7 Å². The lowest BCUT2D eigenvalue weighted by atomic mass is 10.2. The molecule has 0 atom stereocenters. The van der Waals surface area contributed by atoms with Crippen LogP contribution in [0.3, 0.4) is 0 Å². The van der Waals surface area contributed by atoms with Gasteiger partial charge < -0.3 is 10.1 Å². The van der Waals surface area contributed by atoms with E-state index in [2.05, 4.69) is 15.0 Å². The average molecular weight is 439 g/mol. The summed E-state index contributed by atoms with van der Waals surface area (Å²) in [6, 6.07) is 25.0. The second kappa shape index (κ2) is 9.69. The normalized spacial score (nSPS) is 13.7. The van der Waals surface area contributed by atoms with Crippen LogP contribution >= 0.6 is 0 Å². The number of ether oxygens (including phenoxy) is 1. The van der Waals surface area contributed by atoms with Gasteiger partial charge in [0.15, 0.2) is 0 Å². The molecule has 2 aromatic carbocycles. The number of carbonyl (C=O) groups excluding carboxylic acids is 1. The summed E-state index contributed by atoms with van der Waals surface area (Å²) in [6.07, 6.45) is 6.48. The van der Waals surface area contributed by atoms with Gasteiger partial charge in [0.25, 0.3) is 5.91 Å². The number of para-hydroxylation sites is 2. The van der Waals surface area contributed by atoms with E-state index in [9.17, 15) is 4.79 Å². The maximum atomic E-state index is 13.0. The summed E-state index contributed by atoms with van der Waals surface area (Å²) >= 11 is 0. The van der Waals surface area contributed by atoms with E-state index in [4.69, 9.17) is 9.84 Å². The summed E-state index contributed by atoms with van der Waals surface area (Å²) < 4.78 is 8.04. The van der Waals surface area contributed by atoms with Crippen LogP contribution in [0.15, 0.2) is 85.1 Å². The van der Waals surface area contributed by atoms with Gasteiger partial charge in [0.05, 0.1) is 35.2 Å². The van der Waals surface area contributed by atoms with E-state index in [0.717, 1.165) is 29.9 Å². The molecule has 2 aromatic heterocycles. The topological polar surface area (TPSA) is 69.0 Å². The molecule has 166 valence electrons. The van der Waals surface area contributed by atoms with Crippen LogP contribution in [0.1, 0.15) is 47.8 Å². The maximum absolute atomic E-state index is 13.0. The number of amides is 1. The van der Waals surface area contributed by atoms with Gasteiger partial charge in [-0.3, -0.25) is 14.5 Å². The molecular weight excluding hydrogens is 412 g/mol. The second-order valence-corrected chi connectivity index (χ2v) is 8.21. The quantitative estimate of drug-likeness (QED) is 0.397. The fourth-order valence-corrected chi connectivity index (χ4v) is 4.29. The molecule has 0 bridgehead atoms. The van der Waals surface area contributed by atoms with E-state index in [1.54, 1.807) is 18.3 Å². The Morgan fingerprint density at radius 2 is 1.73 bits per heavy atom. The lowest BCUT2D eigenvalue weighted by Gasteiger charge is -2.13. The molecule has 0 unspecified atom stereocenters. The standard InChI is InChI=1S/C27H26N4O2/c32-27(23-14-6-7-16-26(23)33-22-12-2-1-3-13-22)29-19-20-18-25(24-15-8-9-17-28-24)31(30-20)21-10-4-5-11-21/h1-3,6-9,12-18,21H,4-5,10-11,19H2,(H,29,32). The molecule has 1 fully saturated rings. The molecule has 1 saturated carbocycles. The Balaban J connectivity index is 1.34. The highest BCUT2D eigenvalue weighted by atomic mass is 16.5. The zero-order chi connectivity index (χ0) is 22.5. The Kier molecular flexibility index (Phi) is 6.15. The predicted octanol–water partition coefficient (Wildman–Crippen LogP) is 5.78. The average Bonchev–Trinajstić information content (AvgIpc) is 3.54. The van der Waals surface area contributed by atoms with Gasteiger partial charge in [-0.15, -0.1) is 0 Å².